The Labute approximate surface area is 631 Å². The fraction of sp³-hybridized carbons (Fsp3) is 0.178. The van der Waals surface area contributed by atoms with Gasteiger partial charge in [0.1, 0.15) is 4.87 Å². The lowest BCUT2D eigenvalue weighted by Gasteiger charge is -2.64. The lowest BCUT2D eigenvalue weighted by Crippen LogP contribution is -2.65. The highest BCUT2D eigenvalue weighted by molar-refractivity contribution is 6.35. The molecule has 0 spiro atoms. The van der Waals surface area contributed by atoms with Gasteiger partial charge in [-0.2, -0.15) is 0 Å². The molecule has 20 nitrogen and oxygen atoms in total. The highest BCUT2D eigenvalue weighted by atomic mass is 35.5. The van der Waals surface area contributed by atoms with Crippen molar-refractivity contribution in [3.63, 3.8) is 0 Å². The molecule has 10 aromatic carbocycles. The van der Waals surface area contributed by atoms with Gasteiger partial charge in [-0.05, 0) is 221 Å². The molecule has 0 amide bonds. The molecule has 21 rings (SSSR count). The average molecular weight is 1490 g/mol. The van der Waals surface area contributed by atoms with E-state index in [1.54, 1.807) is 60.7 Å². The third-order valence-electron chi connectivity index (χ3n) is 26.8. The van der Waals surface area contributed by atoms with Gasteiger partial charge in [-0.25, -0.2) is 0 Å². The first-order valence-corrected chi connectivity index (χ1v) is 36.5. The summed E-state index contributed by atoms with van der Waals surface area (Å²) in [5, 5.41) is 104. The Morgan fingerprint density at radius 2 is 0.387 bits per heavy atom. The zero-order valence-electron chi connectivity index (χ0n) is 57.7. The number of carboxylic acids is 10. The fourth-order valence-electron chi connectivity index (χ4n) is 23.1. The van der Waals surface area contributed by atoms with Crippen LogP contribution < -0.4 is 0 Å². The zero-order chi connectivity index (χ0) is 77.0. The molecule has 11 aliphatic carbocycles. The van der Waals surface area contributed by atoms with Crippen LogP contribution in [0.3, 0.4) is 0 Å². The molecule has 0 unspecified atom stereocenters. The van der Waals surface area contributed by atoms with Crippen molar-refractivity contribution in [2.24, 2.45) is 29.6 Å². The Bertz CT molecular complexity index is 5970. The number of fused-ring (bicyclic) bond motifs is 5. The number of hydrogen-bond donors (Lipinski definition) is 10. The maximum Gasteiger partial charge on any atom is 0.318 e. The molecular formula is C90H55ClO20. The zero-order valence-corrected chi connectivity index (χ0v) is 58.4. The number of aliphatic carboxylic acids is 10. The van der Waals surface area contributed by atoms with Crippen molar-refractivity contribution in [2.45, 2.75) is 64.1 Å². The van der Waals surface area contributed by atoms with Gasteiger partial charge in [0.2, 0.25) is 0 Å². The number of halogens is 1. The largest absolute Gasteiger partial charge is 0.481 e. The summed E-state index contributed by atoms with van der Waals surface area (Å²) in [6, 6.07) is 58.2. The summed E-state index contributed by atoms with van der Waals surface area (Å²) in [6.45, 7) is 0. The lowest BCUT2D eigenvalue weighted by molar-refractivity contribution is -0.156. The van der Waals surface area contributed by atoms with Crippen LogP contribution in [-0.2, 0) is 107 Å². The summed E-state index contributed by atoms with van der Waals surface area (Å²) in [5.41, 5.74) is 16.9. The van der Waals surface area contributed by atoms with E-state index >= 15 is 0 Å². The number of carbonyl (C=O) groups is 10. The van der Waals surface area contributed by atoms with Gasteiger partial charge < -0.3 is 51.1 Å². The van der Waals surface area contributed by atoms with Crippen molar-refractivity contribution < 1.29 is 99.0 Å². The number of carboxylic acid groups (broad SMARTS) is 10. The summed E-state index contributed by atoms with van der Waals surface area (Å²) >= 11 is 10.5. The second kappa shape index (κ2) is 21.1. The van der Waals surface area contributed by atoms with Gasteiger partial charge in [0, 0.05) is 0 Å². The SMILES string of the molecule is O=C(O)C(Cc1ccc([C@]23C4=C5[C@]6(c7ccc(CC(C(=O)O)C(=O)O)cc7)c7c8ccc(c72)-c2ccc7c(c23)[C@]2(c3ccc(CC(C(=O)O)C(=O)O)cc3)C4=C3[C@@]4(c9ccc(CC(C(=O)O)C(=O)O)cc9)c9c(ccc-7c92)-c2ccc7c(c24)[C@@](c2ccc(CC(C(=O)O)C(=O)O)cc2)(c2c-7ccc-8c26)[C@@]53Cl)cc1)C(=O)O. The molecule has 0 saturated carbocycles. The van der Waals surface area contributed by atoms with Crippen molar-refractivity contribution in [1.29, 1.82) is 0 Å². The molecule has 11 aliphatic rings. The average Bonchev–Trinajstić information content (AvgIpc) is 1.39. The summed E-state index contributed by atoms with van der Waals surface area (Å²) in [5.74, 6) is -24.6. The summed E-state index contributed by atoms with van der Waals surface area (Å²) in [6.07, 6.45) is -1.99. The second-order valence-corrected chi connectivity index (χ2v) is 31.7. The van der Waals surface area contributed by atoms with Crippen molar-refractivity contribution in [1.82, 2.24) is 0 Å². The van der Waals surface area contributed by atoms with Crippen LogP contribution in [0.25, 0.3) is 55.6 Å². The quantitative estimate of drug-likeness (QED) is 0.0188. The molecule has 0 heterocycles. The number of allylic oxidation sites excluding steroid dienone is 4. The maximum atomic E-state index is 12.8. The van der Waals surface area contributed by atoms with E-state index in [9.17, 15) is 111 Å². The van der Waals surface area contributed by atoms with Crippen LogP contribution in [0.1, 0.15) is 111 Å². The Balaban J connectivity index is 1.00. The second-order valence-electron chi connectivity index (χ2n) is 31.1. The first-order chi connectivity index (χ1) is 53.2. The van der Waals surface area contributed by atoms with Gasteiger partial charge >= 0.3 is 59.7 Å². The van der Waals surface area contributed by atoms with E-state index in [1.165, 1.54) is 0 Å². The Hall–Kier alpha value is -13.3. The third kappa shape index (κ3) is 7.13. The van der Waals surface area contributed by atoms with E-state index < -0.39 is 153 Å². The highest BCUT2D eigenvalue weighted by Crippen LogP contribution is 2.92. The van der Waals surface area contributed by atoms with Crippen molar-refractivity contribution in [2.75, 3.05) is 0 Å². The highest BCUT2D eigenvalue weighted by Gasteiger charge is 2.87. The summed E-state index contributed by atoms with van der Waals surface area (Å²) in [7, 11) is 0. The van der Waals surface area contributed by atoms with E-state index in [0.717, 1.165) is 122 Å². The number of alkyl halides is 1. The van der Waals surface area contributed by atoms with Crippen molar-refractivity contribution in [3.8, 4) is 55.6 Å². The third-order valence-corrected chi connectivity index (χ3v) is 27.5. The van der Waals surface area contributed by atoms with Crippen LogP contribution in [0.5, 0.6) is 0 Å². The van der Waals surface area contributed by atoms with Gasteiger partial charge in [-0.3, -0.25) is 47.9 Å². The molecule has 10 N–H and O–H groups in total. The van der Waals surface area contributed by atoms with E-state index in [2.05, 4.69) is 60.7 Å². The standard InChI is InChI=1S/C90H55ClO20/c91-90-73-71-72-74(90)88(44-17-7-39(8-18-44)34-59(81(104)105)82(106)107)66-51-26-24-49-47-22-21-46-48-23-25-50-52-27-29-54-55-30-28-53(51)68(88)70(55)89(90,45-19-9-40(10-20-45)35-60(83(108)109)84(110)111)69(54)67(52)87(73,43-15-5-38(6-16-43)33-58(79(100)101)80(102)103)65(50)63(48)85(71,41-11-1-36(2-12-41)31-56(75(92)93)76(94)95)61(46)62(47)86(72,64(49)66)42-13-3-37(4-14-42)32-57(77(96)97)78(98)99/h1-30,56-60H,31-35H2,(H,92,93)(H,94,95)(H,96,97)(H,98,99)(H,100,101)(H,102,103)(H,104,105)(H,106,107)(H,108,109)(H,110,111)/t85-,86+,87-,88+,89-,90-. The predicted octanol–water partition coefficient (Wildman–Crippen LogP) is 11.9. The lowest BCUT2D eigenvalue weighted by atomic mass is 9.40. The Kier molecular flexibility index (Phi) is 12.5. The topological polar surface area (TPSA) is 373 Å². The maximum absolute atomic E-state index is 12.8. The van der Waals surface area contributed by atoms with E-state index in [0.29, 0.717) is 66.8 Å². The molecule has 0 radical (unpaired) electrons. The number of hydrogen-bond acceptors (Lipinski definition) is 10. The van der Waals surface area contributed by atoms with E-state index in [4.69, 9.17) is 0 Å². The van der Waals surface area contributed by atoms with Gasteiger partial charge in [0.25, 0.3) is 0 Å². The number of benzene rings is 10. The van der Waals surface area contributed by atoms with Gasteiger partial charge in [-0.15, -0.1) is 11.6 Å². The van der Waals surface area contributed by atoms with Crippen LogP contribution in [0, 0.1) is 29.6 Å². The Morgan fingerprint density at radius 1 is 0.225 bits per heavy atom. The molecule has 6 atom stereocenters. The van der Waals surface area contributed by atoms with E-state index in [1.807, 2.05) is 60.7 Å². The molecule has 10 aromatic rings. The van der Waals surface area contributed by atoms with Gasteiger partial charge in [0.15, 0.2) is 29.6 Å². The van der Waals surface area contributed by atoms with Crippen LogP contribution >= 0.6 is 11.6 Å². The van der Waals surface area contributed by atoms with E-state index in [-0.39, 0.29) is 0 Å². The first-order valence-electron chi connectivity index (χ1n) is 36.1. The van der Waals surface area contributed by atoms with Crippen LogP contribution in [0.4, 0.5) is 0 Å². The summed E-state index contributed by atoms with van der Waals surface area (Å²) < 4.78 is 0. The molecular weight excluding hydrogens is 1440 g/mol. The molecule has 0 bridgehead atoms. The summed E-state index contributed by atoms with van der Waals surface area (Å²) in [4.78, 5) is 126. The van der Waals surface area contributed by atoms with Crippen molar-refractivity contribution >= 4 is 71.3 Å². The van der Waals surface area contributed by atoms with Crippen LogP contribution in [0.2, 0.25) is 0 Å². The monoisotopic (exact) mass is 1490 g/mol. The fourth-order valence-corrected chi connectivity index (χ4v) is 23.9. The minimum atomic E-state index is -1.99. The molecule has 0 aliphatic heterocycles. The molecule has 111 heavy (non-hydrogen) atoms. The Morgan fingerprint density at radius 3 is 0.586 bits per heavy atom. The molecule has 0 saturated heterocycles. The molecule has 0 aromatic heterocycles. The predicted molar refractivity (Wildman–Crippen MR) is 394 cm³/mol. The van der Waals surface area contributed by atoms with Crippen molar-refractivity contribution in [3.05, 3.63) is 316 Å². The smallest absolute Gasteiger partial charge is 0.318 e. The van der Waals surface area contributed by atoms with Crippen LogP contribution in [0.15, 0.2) is 204 Å². The molecule has 21 heteroatoms. The molecule has 0 fully saturated rings. The first kappa shape index (κ1) is 65.9. The minimum Gasteiger partial charge on any atom is -0.481 e. The van der Waals surface area contributed by atoms with Gasteiger partial charge in [0.05, 0.1) is 27.1 Å². The molecule has 542 valence electrons. The normalized spacial score (nSPS) is 22.5. The van der Waals surface area contributed by atoms with Crippen LogP contribution in [-0.4, -0.2) is 116 Å². The van der Waals surface area contributed by atoms with Gasteiger partial charge in [-0.1, -0.05) is 182 Å². The minimum absolute atomic E-state index is 0.378. The number of rotatable bonds is 25.